The van der Waals surface area contributed by atoms with E-state index in [0.29, 0.717) is 5.92 Å². The van der Waals surface area contributed by atoms with E-state index in [1.165, 1.54) is 43.1 Å². The van der Waals surface area contributed by atoms with Gasteiger partial charge >= 0.3 is 0 Å². The van der Waals surface area contributed by atoms with Crippen molar-refractivity contribution in [1.82, 2.24) is 4.98 Å². The van der Waals surface area contributed by atoms with Gasteiger partial charge in [0.2, 0.25) is 0 Å². The largest absolute Gasteiger partial charge is 0.324 e. The van der Waals surface area contributed by atoms with Crippen LogP contribution in [0.2, 0.25) is 0 Å². The molecule has 2 N–H and O–H groups in total. The Morgan fingerprint density at radius 1 is 1.15 bits per heavy atom. The second-order valence-electron chi connectivity index (χ2n) is 6.13. The Bertz CT molecular complexity index is 565. The van der Waals surface area contributed by atoms with Crippen LogP contribution in [0.3, 0.4) is 0 Å². The summed E-state index contributed by atoms with van der Waals surface area (Å²) in [6.07, 6.45) is 8.46. The second kappa shape index (κ2) is 5.92. The summed E-state index contributed by atoms with van der Waals surface area (Å²) in [5.74, 6) is 1.55. The van der Waals surface area contributed by atoms with E-state index < -0.39 is 0 Å². The van der Waals surface area contributed by atoms with Gasteiger partial charge in [-0.25, -0.2) is 0 Å². The van der Waals surface area contributed by atoms with Gasteiger partial charge in [0, 0.05) is 17.6 Å². The van der Waals surface area contributed by atoms with Crippen LogP contribution in [0, 0.1) is 11.8 Å². The van der Waals surface area contributed by atoms with Crippen LogP contribution in [-0.4, -0.2) is 4.98 Å². The van der Waals surface area contributed by atoms with Crippen LogP contribution in [0.5, 0.6) is 0 Å². The summed E-state index contributed by atoms with van der Waals surface area (Å²) in [5.41, 5.74) is 8.93. The van der Waals surface area contributed by atoms with Crippen molar-refractivity contribution < 1.29 is 0 Å². The first-order valence-electron chi connectivity index (χ1n) is 7.88. The van der Waals surface area contributed by atoms with E-state index in [9.17, 15) is 0 Å². The molecule has 1 atom stereocenters. The molecular formula is C18H24N2. The zero-order chi connectivity index (χ0) is 13.9. The summed E-state index contributed by atoms with van der Waals surface area (Å²) in [4.78, 5) is 4.44. The van der Waals surface area contributed by atoms with Gasteiger partial charge in [0.25, 0.3) is 0 Å². The van der Waals surface area contributed by atoms with Crippen molar-refractivity contribution in [3.8, 4) is 0 Å². The maximum Gasteiger partial charge on any atom is 0.0705 e. The fraction of sp³-hybridized carbons (Fsp3) is 0.500. The van der Waals surface area contributed by atoms with Gasteiger partial charge in [-0.1, -0.05) is 44.4 Å². The number of pyridine rings is 1. The molecule has 1 unspecified atom stereocenters. The van der Waals surface area contributed by atoms with Crippen LogP contribution in [0.25, 0.3) is 10.9 Å². The van der Waals surface area contributed by atoms with Gasteiger partial charge in [-0.15, -0.1) is 0 Å². The molecule has 1 aromatic carbocycles. The quantitative estimate of drug-likeness (QED) is 0.893. The standard InChI is InChI=1S/C18H24N2/c1-2-13-7-9-14(10-8-13)18(19)16-11-12-20-17-6-4-3-5-15(16)17/h3-6,11-14,18H,2,7-10,19H2,1H3. The minimum absolute atomic E-state index is 0.153. The smallest absolute Gasteiger partial charge is 0.0705 e. The molecule has 0 amide bonds. The summed E-state index contributed by atoms with van der Waals surface area (Å²) in [6.45, 7) is 2.31. The summed E-state index contributed by atoms with van der Waals surface area (Å²) in [7, 11) is 0. The number of aromatic nitrogens is 1. The van der Waals surface area contributed by atoms with E-state index in [-0.39, 0.29) is 6.04 Å². The molecule has 0 bridgehead atoms. The van der Waals surface area contributed by atoms with Crippen LogP contribution in [0.1, 0.15) is 50.6 Å². The molecule has 0 spiro atoms. The Balaban J connectivity index is 1.84. The lowest BCUT2D eigenvalue weighted by atomic mass is 9.76. The molecule has 1 saturated carbocycles. The van der Waals surface area contributed by atoms with Gasteiger partial charge < -0.3 is 5.73 Å². The lowest BCUT2D eigenvalue weighted by Gasteiger charge is -2.32. The average molecular weight is 268 g/mol. The number of para-hydroxylation sites is 1. The van der Waals surface area contributed by atoms with Crippen LogP contribution >= 0.6 is 0 Å². The van der Waals surface area contributed by atoms with Crippen LogP contribution in [0.15, 0.2) is 36.5 Å². The number of hydrogen-bond acceptors (Lipinski definition) is 2. The highest BCUT2D eigenvalue weighted by Crippen LogP contribution is 2.38. The zero-order valence-corrected chi connectivity index (χ0v) is 12.3. The van der Waals surface area contributed by atoms with Crippen molar-refractivity contribution in [2.45, 2.75) is 45.1 Å². The second-order valence-corrected chi connectivity index (χ2v) is 6.13. The first kappa shape index (κ1) is 13.6. The van der Waals surface area contributed by atoms with E-state index in [4.69, 9.17) is 5.73 Å². The molecule has 1 heterocycles. The third kappa shape index (κ3) is 2.57. The van der Waals surface area contributed by atoms with Crippen LogP contribution < -0.4 is 5.73 Å². The van der Waals surface area contributed by atoms with Crippen molar-refractivity contribution in [3.05, 3.63) is 42.1 Å². The summed E-state index contributed by atoms with van der Waals surface area (Å²) < 4.78 is 0. The van der Waals surface area contributed by atoms with Crippen molar-refractivity contribution >= 4 is 10.9 Å². The van der Waals surface area contributed by atoms with Gasteiger partial charge in [-0.05, 0) is 42.4 Å². The van der Waals surface area contributed by atoms with Crippen LogP contribution in [-0.2, 0) is 0 Å². The number of rotatable bonds is 3. The third-order valence-corrected chi connectivity index (χ3v) is 5.02. The molecule has 1 aliphatic carbocycles. The molecular weight excluding hydrogens is 244 g/mol. The SMILES string of the molecule is CCC1CCC(C(N)c2ccnc3ccccc23)CC1. The highest BCUT2D eigenvalue weighted by molar-refractivity contribution is 5.82. The molecule has 1 aliphatic rings. The molecule has 106 valence electrons. The van der Waals surface area contributed by atoms with Gasteiger partial charge in [-0.3, -0.25) is 4.98 Å². The Kier molecular flexibility index (Phi) is 4.02. The Hall–Kier alpha value is -1.41. The van der Waals surface area contributed by atoms with E-state index in [1.807, 2.05) is 12.3 Å². The number of nitrogens with two attached hydrogens (primary N) is 1. The van der Waals surface area contributed by atoms with E-state index >= 15 is 0 Å². The molecule has 0 radical (unpaired) electrons. The number of hydrogen-bond donors (Lipinski definition) is 1. The lowest BCUT2D eigenvalue weighted by Crippen LogP contribution is -2.26. The van der Waals surface area contributed by atoms with Crippen molar-refractivity contribution in [2.75, 3.05) is 0 Å². The molecule has 2 nitrogen and oxygen atoms in total. The third-order valence-electron chi connectivity index (χ3n) is 5.02. The van der Waals surface area contributed by atoms with E-state index in [2.05, 4.69) is 36.2 Å². The molecule has 20 heavy (non-hydrogen) atoms. The summed E-state index contributed by atoms with van der Waals surface area (Å²) in [5, 5.41) is 1.22. The number of benzene rings is 1. The number of nitrogens with zero attached hydrogens (tertiary/aromatic N) is 1. The van der Waals surface area contributed by atoms with Gasteiger partial charge in [-0.2, -0.15) is 0 Å². The van der Waals surface area contributed by atoms with Crippen LogP contribution in [0.4, 0.5) is 0 Å². The molecule has 2 aromatic rings. The normalized spacial score (nSPS) is 24.7. The van der Waals surface area contributed by atoms with Gasteiger partial charge in [0.1, 0.15) is 0 Å². The average Bonchev–Trinajstić information content (AvgIpc) is 2.54. The first-order chi connectivity index (χ1) is 9.79. The van der Waals surface area contributed by atoms with E-state index in [1.54, 1.807) is 0 Å². The van der Waals surface area contributed by atoms with Crippen molar-refractivity contribution in [2.24, 2.45) is 17.6 Å². The minimum Gasteiger partial charge on any atom is -0.324 e. The topological polar surface area (TPSA) is 38.9 Å². The maximum atomic E-state index is 6.59. The minimum atomic E-state index is 0.153. The summed E-state index contributed by atoms with van der Waals surface area (Å²) >= 11 is 0. The van der Waals surface area contributed by atoms with Crippen molar-refractivity contribution in [3.63, 3.8) is 0 Å². The summed E-state index contributed by atoms with van der Waals surface area (Å²) in [6, 6.07) is 10.6. The molecule has 2 heteroatoms. The maximum absolute atomic E-state index is 6.59. The Morgan fingerprint density at radius 3 is 2.65 bits per heavy atom. The predicted octanol–water partition coefficient (Wildman–Crippen LogP) is 4.45. The fourth-order valence-corrected chi connectivity index (χ4v) is 3.62. The fourth-order valence-electron chi connectivity index (χ4n) is 3.62. The molecule has 1 aromatic heterocycles. The lowest BCUT2D eigenvalue weighted by molar-refractivity contribution is 0.240. The monoisotopic (exact) mass is 268 g/mol. The Labute approximate surface area is 121 Å². The zero-order valence-electron chi connectivity index (χ0n) is 12.3. The van der Waals surface area contributed by atoms with Gasteiger partial charge in [0.15, 0.2) is 0 Å². The van der Waals surface area contributed by atoms with Gasteiger partial charge in [0.05, 0.1) is 5.52 Å². The molecule has 1 fully saturated rings. The predicted molar refractivity (Wildman–Crippen MR) is 84.4 cm³/mol. The highest BCUT2D eigenvalue weighted by Gasteiger charge is 2.26. The first-order valence-corrected chi connectivity index (χ1v) is 7.88. The molecule has 0 aliphatic heterocycles. The molecule has 0 saturated heterocycles. The van der Waals surface area contributed by atoms with E-state index in [0.717, 1.165) is 11.4 Å². The number of fused-ring (bicyclic) bond motifs is 1. The molecule has 3 rings (SSSR count). The Morgan fingerprint density at radius 2 is 1.90 bits per heavy atom. The highest BCUT2D eigenvalue weighted by atomic mass is 14.7. The van der Waals surface area contributed by atoms with Crippen molar-refractivity contribution in [1.29, 1.82) is 0 Å².